The summed E-state index contributed by atoms with van der Waals surface area (Å²) in [5, 5.41) is -0.495. The monoisotopic (exact) mass is 534 g/mol. The number of halogens is 2. The Morgan fingerprint density at radius 1 is 1.18 bits per heavy atom. The van der Waals surface area contributed by atoms with Gasteiger partial charge in [0, 0.05) is 23.1 Å². The van der Waals surface area contributed by atoms with Gasteiger partial charge < -0.3 is 14.4 Å². The maximum Gasteiger partial charge on any atom is 0.294 e. The van der Waals surface area contributed by atoms with Crippen LogP contribution in [-0.2, 0) is 20.9 Å². The molecule has 2 fully saturated rings. The number of benzene rings is 2. The molecular weight excluding hydrogens is 515 g/mol. The SMILES string of the molecule is O=C(CN1C(=O)S/C(=C/c2cc(Br)ccc2OCc2cccc(F)c2)C1=O)N1CCOCC1. The lowest BCUT2D eigenvalue weighted by molar-refractivity contribution is -0.139. The molecule has 2 aliphatic rings. The van der Waals surface area contributed by atoms with Gasteiger partial charge in [0.05, 0.1) is 18.1 Å². The van der Waals surface area contributed by atoms with Crippen LogP contribution >= 0.6 is 27.7 Å². The third kappa shape index (κ3) is 5.82. The zero-order valence-corrected chi connectivity index (χ0v) is 19.9. The first-order valence-corrected chi connectivity index (χ1v) is 11.8. The molecule has 7 nitrogen and oxygen atoms in total. The highest BCUT2D eigenvalue weighted by Crippen LogP contribution is 2.35. The quantitative estimate of drug-likeness (QED) is 0.520. The van der Waals surface area contributed by atoms with Gasteiger partial charge in [0.15, 0.2) is 0 Å². The summed E-state index contributed by atoms with van der Waals surface area (Å²) >= 11 is 4.18. The summed E-state index contributed by atoms with van der Waals surface area (Å²) in [7, 11) is 0. The molecule has 0 unspecified atom stereocenters. The van der Waals surface area contributed by atoms with Crippen LogP contribution in [0.4, 0.5) is 9.18 Å². The molecule has 0 bridgehead atoms. The first-order chi connectivity index (χ1) is 15.9. The number of ether oxygens (including phenoxy) is 2. The normalized spacial score (nSPS) is 17.7. The molecule has 2 aliphatic heterocycles. The van der Waals surface area contributed by atoms with Crippen molar-refractivity contribution in [2.24, 2.45) is 0 Å². The zero-order valence-electron chi connectivity index (χ0n) is 17.5. The average molecular weight is 535 g/mol. The van der Waals surface area contributed by atoms with Crippen molar-refractivity contribution in [3.05, 3.63) is 68.8 Å². The van der Waals surface area contributed by atoms with Gasteiger partial charge in [-0.15, -0.1) is 0 Å². The second kappa shape index (κ2) is 10.5. The van der Waals surface area contributed by atoms with Crippen molar-refractivity contribution >= 4 is 50.8 Å². The Morgan fingerprint density at radius 3 is 2.73 bits per heavy atom. The molecule has 0 atom stereocenters. The van der Waals surface area contributed by atoms with Gasteiger partial charge in [0.25, 0.3) is 11.1 Å². The smallest absolute Gasteiger partial charge is 0.294 e. The van der Waals surface area contributed by atoms with Crippen molar-refractivity contribution in [3.8, 4) is 5.75 Å². The van der Waals surface area contributed by atoms with E-state index >= 15 is 0 Å². The van der Waals surface area contributed by atoms with Crippen LogP contribution in [0.2, 0.25) is 0 Å². The summed E-state index contributed by atoms with van der Waals surface area (Å²) in [5.74, 6) is -0.697. The lowest BCUT2D eigenvalue weighted by Gasteiger charge is -2.28. The number of hydrogen-bond donors (Lipinski definition) is 0. The molecule has 2 aromatic rings. The topological polar surface area (TPSA) is 76.2 Å². The van der Waals surface area contributed by atoms with Crippen molar-refractivity contribution in [2.45, 2.75) is 6.61 Å². The molecule has 0 saturated carbocycles. The second-order valence-corrected chi connectivity index (χ2v) is 9.27. The fraction of sp³-hybridized carbons (Fsp3) is 0.261. The van der Waals surface area contributed by atoms with Crippen LogP contribution in [0, 0.1) is 5.82 Å². The first-order valence-electron chi connectivity index (χ1n) is 10.2. The summed E-state index contributed by atoms with van der Waals surface area (Å²) < 4.78 is 25.3. The predicted molar refractivity (Wildman–Crippen MR) is 125 cm³/mol. The van der Waals surface area contributed by atoms with Crippen LogP contribution in [0.1, 0.15) is 11.1 Å². The minimum Gasteiger partial charge on any atom is -0.488 e. The minimum atomic E-state index is -0.525. The Balaban J connectivity index is 1.49. The largest absolute Gasteiger partial charge is 0.488 e. The van der Waals surface area contributed by atoms with E-state index < -0.39 is 11.1 Å². The van der Waals surface area contributed by atoms with Crippen molar-refractivity contribution in [1.82, 2.24) is 9.80 Å². The summed E-state index contributed by atoms with van der Waals surface area (Å²) in [6.07, 6.45) is 1.57. The summed E-state index contributed by atoms with van der Waals surface area (Å²) in [6.45, 7) is 1.59. The molecule has 0 spiro atoms. The number of carbonyl (C=O) groups excluding carboxylic acids is 3. The molecule has 33 heavy (non-hydrogen) atoms. The second-order valence-electron chi connectivity index (χ2n) is 7.36. The number of nitrogens with zero attached hydrogens (tertiary/aromatic N) is 2. The molecule has 0 N–H and O–H groups in total. The Bertz CT molecular complexity index is 1120. The van der Waals surface area contributed by atoms with Crippen LogP contribution in [0.5, 0.6) is 5.75 Å². The highest BCUT2D eigenvalue weighted by atomic mass is 79.9. The van der Waals surface area contributed by atoms with E-state index in [-0.39, 0.29) is 29.8 Å². The van der Waals surface area contributed by atoms with Crippen molar-refractivity contribution in [1.29, 1.82) is 0 Å². The number of hydrogen-bond acceptors (Lipinski definition) is 6. The van der Waals surface area contributed by atoms with Crippen LogP contribution < -0.4 is 4.74 Å². The van der Waals surface area contributed by atoms with Crippen LogP contribution in [0.25, 0.3) is 6.08 Å². The molecule has 0 aromatic heterocycles. The summed E-state index contributed by atoms with van der Waals surface area (Å²) in [6, 6.07) is 11.4. The summed E-state index contributed by atoms with van der Waals surface area (Å²) in [5.41, 5.74) is 1.23. The molecule has 172 valence electrons. The van der Waals surface area contributed by atoms with E-state index in [9.17, 15) is 18.8 Å². The number of thioether (sulfide) groups is 1. The van der Waals surface area contributed by atoms with Crippen LogP contribution in [-0.4, -0.2) is 59.7 Å². The van der Waals surface area contributed by atoms with Gasteiger partial charge in [-0.3, -0.25) is 19.3 Å². The Hall–Kier alpha value is -2.69. The molecule has 10 heteroatoms. The molecule has 2 aromatic carbocycles. The van der Waals surface area contributed by atoms with Crippen molar-refractivity contribution < 1.29 is 28.2 Å². The van der Waals surface area contributed by atoms with Crippen LogP contribution in [0.15, 0.2) is 51.8 Å². The summed E-state index contributed by atoms with van der Waals surface area (Å²) in [4.78, 5) is 40.6. The van der Waals surface area contributed by atoms with Crippen molar-refractivity contribution in [3.63, 3.8) is 0 Å². The minimum absolute atomic E-state index is 0.135. The zero-order chi connectivity index (χ0) is 23.4. The van der Waals surface area contributed by atoms with Crippen LogP contribution in [0.3, 0.4) is 0 Å². The Labute approximate surface area is 202 Å². The van der Waals surface area contributed by atoms with E-state index in [1.54, 1.807) is 41.3 Å². The fourth-order valence-corrected chi connectivity index (χ4v) is 4.58. The van der Waals surface area contributed by atoms with Crippen molar-refractivity contribution in [2.75, 3.05) is 32.8 Å². The third-order valence-corrected chi connectivity index (χ3v) is 6.47. The van der Waals surface area contributed by atoms with Gasteiger partial charge in [-0.1, -0.05) is 28.1 Å². The van der Waals surface area contributed by atoms with Gasteiger partial charge in [-0.25, -0.2) is 4.39 Å². The fourth-order valence-electron chi connectivity index (χ4n) is 3.38. The molecule has 3 amide bonds. The van der Waals surface area contributed by atoms with E-state index in [0.717, 1.165) is 21.1 Å². The first kappa shape index (κ1) is 23.5. The lowest BCUT2D eigenvalue weighted by Crippen LogP contribution is -2.46. The van der Waals surface area contributed by atoms with Gasteiger partial charge in [0.1, 0.15) is 24.7 Å². The molecule has 4 rings (SSSR count). The Morgan fingerprint density at radius 2 is 1.97 bits per heavy atom. The van der Waals surface area contributed by atoms with E-state index in [4.69, 9.17) is 9.47 Å². The van der Waals surface area contributed by atoms with E-state index in [2.05, 4.69) is 15.9 Å². The molecule has 0 radical (unpaired) electrons. The number of morpholine rings is 1. The van der Waals surface area contributed by atoms with Gasteiger partial charge in [-0.05, 0) is 53.7 Å². The maximum atomic E-state index is 13.4. The van der Waals surface area contributed by atoms with Gasteiger partial charge in [-0.2, -0.15) is 0 Å². The lowest BCUT2D eigenvalue weighted by atomic mass is 10.1. The average Bonchev–Trinajstić information content (AvgIpc) is 3.06. The molecular formula is C23H20BrFN2O5S. The molecule has 2 saturated heterocycles. The van der Waals surface area contributed by atoms with Gasteiger partial charge >= 0.3 is 0 Å². The molecule has 2 heterocycles. The number of carbonyl (C=O) groups is 3. The number of amides is 3. The standard InChI is InChI=1S/C23H20BrFN2O5S/c24-17-4-5-19(32-14-15-2-1-3-18(25)10-15)16(11-17)12-20-22(29)27(23(30)33-20)13-21(28)26-6-8-31-9-7-26/h1-5,10-12H,6-9,13-14H2/b20-12+. The van der Waals surface area contributed by atoms with E-state index in [1.807, 2.05) is 0 Å². The van der Waals surface area contributed by atoms with E-state index in [1.165, 1.54) is 12.1 Å². The van der Waals surface area contributed by atoms with Gasteiger partial charge in [0.2, 0.25) is 5.91 Å². The Kier molecular flexibility index (Phi) is 7.46. The predicted octanol–water partition coefficient (Wildman–Crippen LogP) is 4.06. The highest BCUT2D eigenvalue weighted by Gasteiger charge is 2.37. The molecule has 0 aliphatic carbocycles. The number of imide groups is 1. The third-order valence-electron chi connectivity index (χ3n) is 5.07. The highest BCUT2D eigenvalue weighted by molar-refractivity contribution is 9.10. The maximum absolute atomic E-state index is 13.4. The van der Waals surface area contributed by atoms with E-state index in [0.29, 0.717) is 43.2 Å². The number of rotatable bonds is 6.